The summed E-state index contributed by atoms with van der Waals surface area (Å²) < 4.78 is 36.4. The smallest absolute Gasteiger partial charge is 0.317 e. The molecule has 0 spiro atoms. The number of amides is 1. The second-order valence-electron chi connectivity index (χ2n) is 26.4. The summed E-state index contributed by atoms with van der Waals surface area (Å²) in [4.78, 5) is 53.0. The van der Waals surface area contributed by atoms with Crippen LogP contribution in [0.25, 0.3) is 0 Å². The number of rotatable bonds is 22. The molecule has 81 heavy (non-hydrogen) atoms. The first kappa shape index (κ1) is 65.8. The monoisotopic (exact) mass is 1150 g/mol. The van der Waals surface area contributed by atoms with Crippen molar-refractivity contribution in [1.82, 2.24) is 5.32 Å². The number of unbranched alkanes of at least 4 members (excludes halogenated alkanes) is 7. The Balaban J connectivity index is 1.14. The average molecular weight is 1150 g/mol. The lowest BCUT2D eigenvalue weighted by atomic mass is 9.35. The number of hydrogen-bond acceptors (Lipinski definition) is 19. The highest BCUT2D eigenvalue weighted by Crippen LogP contribution is 2.73. The Morgan fingerprint density at radius 1 is 0.728 bits per heavy atom. The fourth-order valence-corrected chi connectivity index (χ4v) is 16.8. The number of aliphatic hydroxyl groups excluding tert-OH is 9. The maximum Gasteiger partial charge on any atom is 0.317 e. The van der Waals surface area contributed by atoms with Gasteiger partial charge in [0.05, 0.1) is 43.0 Å². The number of carbonyl (C=O) groups excluding carboxylic acids is 3. The van der Waals surface area contributed by atoms with E-state index >= 15 is 4.79 Å². The molecule has 11 N–H and O–H groups in total. The van der Waals surface area contributed by atoms with E-state index in [0.29, 0.717) is 44.9 Å². The Bertz CT molecular complexity index is 2170. The Morgan fingerprint density at radius 3 is 1.98 bits per heavy atom. The first-order valence-electron chi connectivity index (χ1n) is 30.4. The van der Waals surface area contributed by atoms with Crippen LogP contribution in [-0.2, 0) is 47.6 Å². The quantitative estimate of drug-likeness (QED) is 0.0319. The molecular formula is C60H99NO20. The van der Waals surface area contributed by atoms with Crippen LogP contribution in [0.3, 0.4) is 0 Å². The van der Waals surface area contributed by atoms with Crippen molar-refractivity contribution in [2.75, 3.05) is 13.2 Å². The normalized spacial score (nSPS) is 47.0. The number of aliphatic hydroxyl groups is 9. The third-order valence-electron chi connectivity index (χ3n) is 21.6. The van der Waals surface area contributed by atoms with Crippen LogP contribution in [0.4, 0.5) is 0 Å². The maximum absolute atomic E-state index is 15.7. The third-order valence-corrected chi connectivity index (χ3v) is 21.6. The van der Waals surface area contributed by atoms with Crippen molar-refractivity contribution in [3.05, 3.63) is 11.6 Å². The molecule has 0 aromatic rings. The number of aliphatic carboxylic acids is 1. The molecule has 4 saturated carbocycles. The van der Waals surface area contributed by atoms with E-state index in [4.69, 9.17) is 33.5 Å². The van der Waals surface area contributed by atoms with Crippen molar-refractivity contribution in [1.29, 1.82) is 0 Å². The van der Waals surface area contributed by atoms with Crippen molar-refractivity contribution in [2.45, 2.75) is 276 Å². The number of aldehydes is 1. The van der Waals surface area contributed by atoms with Gasteiger partial charge in [0, 0.05) is 12.8 Å². The molecule has 25 atom stereocenters. The predicted octanol–water partition coefficient (Wildman–Crippen LogP) is 3.70. The summed E-state index contributed by atoms with van der Waals surface area (Å²) in [5.41, 5.74) is -2.86. The SMILES string of the molecule is C/C=C1\C2C[C@H](C)CCC2(C(=O)O[C@@H]2O[C@H](CO)C(NC(=O)CCCCCCCCCCC(=O)O)C(O)C2O[C@@H]2O[C@H](C)C(O[C@@H]3OC[C@@H](O)C(O)C3O)C(O)C2O)[C@H](O)C[C@@]1(C)[C@]1(C)CC[C@H]2C(C)(C=O)C(O)CCC2(C)C1CC. The number of ether oxygens (including phenoxy) is 6. The van der Waals surface area contributed by atoms with E-state index in [-0.39, 0.29) is 48.9 Å². The van der Waals surface area contributed by atoms with E-state index in [1.807, 2.05) is 13.8 Å². The Morgan fingerprint density at radius 2 is 1.36 bits per heavy atom. The van der Waals surface area contributed by atoms with Crippen LogP contribution in [0.1, 0.15) is 177 Å². The predicted molar refractivity (Wildman–Crippen MR) is 291 cm³/mol. The van der Waals surface area contributed by atoms with E-state index in [1.165, 1.54) is 6.92 Å². The largest absolute Gasteiger partial charge is 0.481 e. The topological polar surface area (TPSA) is 338 Å². The number of carboxylic acids is 1. The van der Waals surface area contributed by atoms with Crippen molar-refractivity contribution in [3.63, 3.8) is 0 Å². The molecule has 0 aromatic heterocycles. The van der Waals surface area contributed by atoms with Crippen LogP contribution >= 0.6 is 0 Å². The number of nitrogens with one attached hydrogen (secondary N) is 1. The zero-order valence-electron chi connectivity index (χ0n) is 49.1. The van der Waals surface area contributed by atoms with Crippen molar-refractivity contribution >= 4 is 24.1 Å². The molecule has 7 rings (SSSR count). The molecule has 0 aromatic carbocycles. The highest BCUT2D eigenvalue weighted by atomic mass is 16.8. The van der Waals surface area contributed by atoms with Crippen LogP contribution in [0.2, 0.25) is 0 Å². The summed E-state index contributed by atoms with van der Waals surface area (Å²) in [5, 5.41) is 113. The van der Waals surface area contributed by atoms with E-state index in [9.17, 15) is 60.3 Å². The van der Waals surface area contributed by atoms with Gasteiger partial charge in [0.25, 0.3) is 0 Å². The van der Waals surface area contributed by atoms with Gasteiger partial charge in [-0.05, 0) is 118 Å². The molecule has 21 nitrogen and oxygen atoms in total. The third kappa shape index (κ3) is 12.6. The molecule has 0 bridgehead atoms. The zero-order chi connectivity index (χ0) is 59.6. The van der Waals surface area contributed by atoms with Crippen LogP contribution in [0, 0.1) is 50.7 Å². The van der Waals surface area contributed by atoms with Crippen LogP contribution in [-0.4, -0.2) is 187 Å². The number of carbonyl (C=O) groups is 4. The Kier molecular flexibility index (Phi) is 21.8. The van der Waals surface area contributed by atoms with Gasteiger partial charge in [0.1, 0.15) is 60.5 Å². The maximum atomic E-state index is 15.7. The molecule has 7 aliphatic rings. The van der Waals surface area contributed by atoms with Gasteiger partial charge in [-0.2, -0.15) is 0 Å². The number of carboxylic acid groups (broad SMARTS) is 1. The Labute approximate surface area is 477 Å². The molecule has 3 saturated heterocycles. The fourth-order valence-electron chi connectivity index (χ4n) is 16.8. The van der Waals surface area contributed by atoms with Gasteiger partial charge in [0.15, 0.2) is 18.7 Å². The van der Waals surface area contributed by atoms with E-state index in [0.717, 1.165) is 63.2 Å². The molecule has 21 heteroatoms. The molecule has 14 unspecified atom stereocenters. The first-order valence-corrected chi connectivity index (χ1v) is 30.4. The summed E-state index contributed by atoms with van der Waals surface area (Å²) in [6.45, 7) is 15.3. The second-order valence-corrected chi connectivity index (χ2v) is 26.4. The van der Waals surface area contributed by atoms with Crippen molar-refractivity contribution < 1.29 is 98.7 Å². The summed E-state index contributed by atoms with van der Waals surface area (Å²) >= 11 is 0. The molecule has 3 aliphatic heterocycles. The van der Waals surface area contributed by atoms with E-state index < -0.39 is 157 Å². The molecule has 0 radical (unpaired) electrons. The molecule has 464 valence electrons. The van der Waals surface area contributed by atoms with Crippen LogP contribution < -0.4 is 5.32 Å². The lowest BCUT2D eigenvalue weighted by Crippen LogP contribution is -2.69. The summed E-state index contributed by atoms with van der Waals surface area (Å²) in [6, 6.07) is -1.36. The summed E-state index contributed by atoms with van der Waals surface area (Å²) in [7, 11) is 0. The molecule has 1 amide bonds. The summed E-state index contributed by atoms with van der Waals surface area (Å²) in [6.07, 6.45) is -8.76. The van der Waals surface area contributed by atoms with Gasteiger partial charge in [-0.25, -0.2) is 0 Å². The number of hydrogen-bond donors (Lipinski definition) is 11. The number of allylic oxidation sites excluding steroid dienone is 2. The molecule has 3 heterocycles. The van der Waals surface area contributed by atoms with Crippen molar-refractivity contribution in [3.8, 4) is 0 Å². The van der Waals surface area contributed by atoms with Gasteiger partial charge in [0.2, 0.25) is 12.2 Å². The van der Waals surface area contributed by atoms with E-state index in [2.05, 4.69) is 46.0 Å². The average Bonchev–Trinajstić information content (AvgIpc) is 3.47. The molecule has 4 aliphatic carbocycles. The van der Waals surface area contributed by atoms with Gasteiger partial charge in [-0.1, -0.05) is 98.1 Å². The standard InChI is InChI=1S/C60H99NO20/c1-9-34-35-27-32(3)21-26-60(35,41(66)28-59(34,8)58(7)25-22-39-56(5,38(58)10-2)24-23-40(65)57(39,6)31-63)55(75)81-54-51(80-53-49(74)47(72)50(33(4)77-53)79-52-48(73)45(70)36(64)30-76-52)46(71)44(37(29-62)78-54)61-42(67)19-17-15-13-11-12-14-16-18-20-43(68)69/h9,31-33,35-41,44-54,62,64-66,70-74H,10-30H2,1-8H3,(H,61,67)(H,68,69)/b34-9+/t32-,33-,35?,36-,37-,38?,39-,40?,41-,44?,45?,46?,47?,48?,49?,50?,51?,52+,53+,54+,56?,57?,58-,59-,60?/m1/s1. The first-order chi connectivity index (χ1) is 38.2. The molecular weight excluding hydrogens is 1050 g/mol. The van der Waals surface area contributed by atoms with E-state index in [1.54, 1.807) is 0 Å². The minimum Gasteiger partial charge on any atom is -0.481 e. The Hall–Kier alpha value is -2.74. The van der Waals surface area contributed by atoms with Gasteiger partial charge >= 0.3 is 11.9 Å². The second kappa shape index (κ2) is 26.9. The lowest BCUT2D eigenvalue weighted by Gasteiger charge is -2.69. The zero-order valence-corrected chi connectivity index (χ0v) is 49.1. The minimum atomic E-state index is -1.95. The highest BCUT2D eigenvalue weighted by Gasteiger charge is 2.70. The minimum absolute atomic E-state index is 0.0560. The van der Waals surface area contributed by atoms with Gasteiger partial charge in [-0.3, -0.25) is 14.4 Å². The van der Waals surface area contributed by atoms with Crippen molar-refractivity contribution in [2.24, 2.45) is 50.7 Å². The van der Waals surface area contributed by atoms with Gasteiger partial charge < -0.3 is 89.6 Å². The van der Waals surface area contributed by atoms with Gasteiger partial charge in [-0.15, -0.1) is 0 Å². The van der Waals surface area contributed by atoms with Crippen LogP contribution in [0.5, 0.6) is 0 Å². The van der Waals surface area contributed by atoms with Crippen LogP contribution in [0.15, 0.2) is 11.6 Å². The summed E-state index contributed by atoms with van der Waals surface area (Å²) in [5.74, 6) is -2.52. The highest BCUT2D eigenvalue weighted by molar-refractivity contribution is 5.80. The number of esters is 1. The lowest BCUT2D eigenvalue weighted by molar-refractivity contribution is -0.370. The molecule has 7 fully saturated rings. The number of fused-ring (bicyclic) bond motifs is 2. The fraction of sp³-hybridized carbons (Fsp3) is 0.900.